The van der Waals surface area contributed by atoms with Gasteiger partial charge in [0, 0.05) is 6.54 Å². The zero-order valence-corrected chi connectivity index (χ0v) is 8.56. The van der Waals surface area contributed by atoms with E-state index in [0.29, 0.717) is 26.1 Å². The number of rotatable bonds is 4. The normalized spacial score (nSPS) is 28.6. The minimum absolute atomic E-state index is 0.0163. The second kappa shape index (κ2) is 4.67. The number of aliphatic hydroxyl groups excluding tert-OH is 1. The molecule has 3 nitrogen and oxygen atoms in total. The van der Waals surface area contributed by atoms with Gasteiger partial charge in [0.05, 0.1) is 6.61 Å². The zero-order valence-electron chi connectivity index (χ0n) is 8.56. The van der Waals surface area contributed by atoms with Crippen LogP contribution in [-0.4, -0.2) is 49.0 Å². The third-order valence-electron chi connectivity index (χ3n) is 3.02. The molecule has 15 heavy (non-hydrogen) atoms. The van der Waals surface area contributed by atoms with Gasteiger partial charge in [-0.3, -0.25) is 0 Å². The van der Waals surface area contributed by atoms with Crippen LogP contribution in [0.15, 0.2) is 0 Å². The monoisotopic (exact) mass is 226 g/mol. The Balaban J connectivity index is 2.57. The molecule has 0 aromatic heterocycles. The van der Waals surface area contributed by atoms with Crippen LogP contribution in [0.5, 0.6) is 0 Å². The van der Waals surface area contributed by atoms with E-state index in [0.717, 1.165) is 0 Å². The second-order valence-electron chi connectivity index (χ2n) is 4.10. The van der Waals surface area contributed by atoms with Crippen LogP contribution in [0.2, 0.25) is 0 Å². The summed E-state index contributed by atoms with van der Waals surface area (Å²) in [6, 6.07) is 0. The van der Waals surface area contributed by atoms with Crippen LogP contribution in [0, 0.1) is 5.41 Å². The summed E-state index contributed by atoms with van der Waals surface area (Å²) in [6.07, 6.45) is -3.64. The average Bonchev–Trinajstić information content (AvgIpc) is 2.58. The van der Waals surface area contributed by atoms with Gasteiger partial charge in [-0.25, -0.2) is 0 Å². The van der Waals surface area contributed by atoms with Crippen molar-refractivity contribution in [2.24, 2.45) is 11.1 Å². The molecular weight excluding hydrogens is 209 g/mol. The molecular formula is C9H17F3N2O. The summed E-state index contributed by atoms with van der Waals surface area (Å²) in [4.78, 5) is 1.72. The summed E-state index contributed by atoms with van der Waals surface area (Å²) in [5, 5.41) is 8.92. The topological polar surface area (TPSA) is 49.5 Å². The largest absolute Gasteiger partial charge is 0.397 e. The van der Waals surface area contributed by atoms with Gasteiger partial charge < -0.3 is 15.7 Å². The van der Waals surface area contributed by atoms with E-state index in [2.05, 4.69) is 0 Å². The average molecular weight is 226 g/mol. The molecule has 1 atom stereocenters. The number of alkyl halides is 3. The van der Waals surface area contributed by atoms with E-state index in [4.69, 9.17) is 10.8 Å². The van der Waals surface area contributed by atoms with Crippen molar-refractivity contribution < 1.29 is 18.3 Å². The van der Waals surface area contributed by atoms with Gasteiger partial charge in [0.2, 0.25) is 0 Å². The third-order valence-corrected chi connectivity index (χ3v) is 3.02. The SMILES string of the molecule is NCCCN1CC[C@@](CO)(C(F)(F)F)C1. The predicted octanol–water partition coefficient (Wildman–Crippen LogP) is 0.582. The van der Waals surface area contributed by atoms with Crippen molar-refractivity contribution in [2.45, 2.75) is 19.0 Å². The van der Waals surface area contributed by atoms with Crippen molar-refractivity contribution in [3.63, 3.8) is 0 Å². The molecule has 6 heteroatoms. The highest BCUT2D eigenvalue weighted by molar-refractivity contribution is 4.94. The highest BCUT2D eigenvalue weighted by atomic mass is 19.4. The summed E-state index contributed by atoms with van der Waals surface area (Å²) >= 11 is 0. The molecule has 0 aliphatic carbocycles. The molecule has 90 valence electrons. The maximum atomic E-state index is 12.7. The summed E-state index contributed by atoms with van der Waals surface area (Å²) in [7, 11) is 0. The molecule has 0 spiro atoms. The van der Waals surface area contributed by atoms with E-state index in [-0.39, 0.29) is 13.0 Å². The minimum atomic E-state index is -4.32. The Bertz CT molecular complexity index is 210. The molecule has 0 bridgehead atoms. The number of aliphatic hydroxyl groups is 1. The highest BCUT2D eigenvalue weighted by Crippen LogP contribution is 2.44. The van der Waals surface area contributed by atoms with Crippen molar-refractivity contribution >= 4 is 0 Å². The first-order chi connectivity index (χ1) is 6.95. The number of hydrogen-bond acceptors (Lipinski definition) is 3. The molecule has 1 aliphatic heterocycles. The molecule has 0 saturated carbocycles. The minimum Gasteiger partial charge on any atom is -0.395 e. The number of nitrogens with two attached hydrogens (primary N) is 1. The maximum Gasteiger partial charge on any atom is 0.397 e. The fourth-order valence-corrected chi connectivity index (χ4v) is 1.91. The summed E-state index contributed by atoms with van der Waals surface area (Å²) in [5.41, 5.74) is 3.38. The van der Waals surface area contributed by atoms with E-state index in [1.54, 1.807) is 4.90 Å². The Morgan fingerprint density at radius 3 is 2.47 bits per heavy atom. The molecule has 0 radical (unpaired) electrons. The summed E-state index contributed by atoms with van der Waals surface area (Å²) in [6.45, 7) is 0.520. The van der Waals surface area contributed by atoms with Gasteiger partial charge in [-0.2, -0.15) is 13.2 Å². The molecule has 0 aromatic rings. The Kier molecular flexibility index (Phi) is 3.97. The predicted molar refractivity (Wildman–Crippen MR) is 50.3 cm³/mol. The first-order valence-electron chi connectivity index (χ1n) is 5.05. The Hall–Kier alpha value is -0.330. The lowest BCUT2D eigenvalue weighted by molar-refractivity contribution is -0.230. The van der Waals surface area contributed by atoms with Gasteiger partial charge in [0.1, 0.15) is 5.41 Å². The smallest absolute Gasteiger partial charge is 0.395 e. The first kappa shape index (κ1) is 12.7. The van der Waals surface area contributed by atoms with Crippen molar-refractivity contribution in [1.82, 2.24) is 4.90 Å². The van der Waals surface area contributed by atoms with E-state index >= 15 is 0 Å². The molecule has 1 saturated heterocycles. The Labute approximate surface area is 87.0 Å². The van der Waals surface area contributed by atoms with Crippen molar-refractivity contribution in [1.29, 1.82) is 0 Å². The maximum absolute atomic E-state index is 12.7. The van der Waals surface area contributed by atoms with Crippen LogP contribution in [0.3, 0.4) is 0 Å². The lowest BCUT2D eigenvalue weighted by atomic mass is 9.87. The van der Waals surface area contributed by atoms with Crippen LogP contribution in [0.4, 0.5) is 13.2 Å². The van der Waals surface area contributed by atoms with Gasteiger partial charge in [0.15, 0.2) is 0 Å². The molecule has 1 fully saturated rings. The Morgan fingerprint density at radius 2 is 2.07 bits per heavy atom. The highest BCUT2D eigenvalue weighted by Gasteiger charge is 2.57. The standard InChI is InChI=1S/C9H17F3N2O/c10-9(11,12)8(7-15)2-5-14(6-8)4-1-3-13/h15H,1-7,13H2/t8-/m1/s1. The quantitative estimate of drug-likeness (QED) is 0.737. The molecule has 0 amide bonds. The zero-order chi connectivity index (χ0) is 11.5. The fraction of sp³-hybridized carbons (Fsp3) is 1.00. The summed E-state index contributed by atoms with van der Waals surface area (Å²) < 4.78 is 38.1. The summed E-state index contributed by atoms with van der Waals surface area (Å²) in [5.74, 6) is 0. The molecule has 1 aliphatic rings. The van der Waals surface area contributed by atoms with Gasteiger partial charge in [0.25, 0.3) is 0 Å². The molecule has 1 heterocycles. The molecule has 3 N–H and O–H groups in total. The van der Waals surface area contributed by atoms with E-state index < -0.39 is 18.2 Å². The van der Waals surface area contributed by atoms with Crippen LogP contribution in [-0.2, 0) is 0 Å². The van der Waals surface area contributed by atoms with E-state index in [1.165, 1.54) is 0 Å². The number of hydrogen-bond donors (Lipinski definition) is 2. The third kappa shape index (κ3) is 2.62. The number of nitrogens with zero attached hydrogens (tertiary/aromatic N) is 1. The van der Waals surface area contributed by atoms with Gasteiger partial charge in [-0.15, -0.1) is 0 Å². The van der Waals surface area contributed by atoms with Gasteiger partial charge in [-0.05, 0) is 32.5 Å². The molecule has 0 aromatic carbocycles. The lowest BCUT2D eigenvalue weighted by Crippen LogP contribution is -2.43. The van der Waals surface area contributed by atoms with Gasteiger partial charge >= 0.3 is 6.18 Å². The molecule has 0 unspecified atom stereocenters. The van der Waals surface area contributed by atoms with Crippen molar-refractivity contribution in [3.05, 3.63) is 0 Å². The lowest BCUT2D eigenvalue weighted by Gasteiger charge is -2.29. The molecule has 1 rings (SSSR count). The van der Waals surface area contributed by atoms with E-state index in [9.17, 15) is 13.2 Å². The van der Waals surface area contributed by atoms with Gasteiger partial charge in [-0.1, -0.05) is 0 Å². The van der Waals surface area contributed by atoms with Crippen LogP contribution >= 0.6 is 0 Å². The van der Waals surface area contributed by atoms with Crippen molar-refractivity contribution in [3.8, 4) is 0 Å². The second-order valence-corrected chi connectivity index (χ2v) is 4.10. The number of likely N-dealkylation sites (tertiary alicyclic amines) is 1. The van der Waals surface area contributed by atoms with Crippen LogP contribution in [0.25, 0.3) is 0 Å². The first-order valence-corrected chi connectivity index (χ1v) is 5.05. The van der Waals surface area contributed by atoms with Crippen LogP contribution < -0.4 is 5.73 Å². The van der Waals surface area contributed by atoms with Crippen molar-refractivity contribution in [2.75, 3.05) is 32.8 Å². The van der Waals surface area contributed by atoms with Crippen LogP contribution in [0.1, 0.15) is 12.8 Å². The van der Waals surface area contributed by atoms with E-state index in [1.807, 2.05) is 0 Å². The Morgan fingerprint density at radius 1 is 1.40 bits per heavy atom. The number of halogens is 3. The fourth-order valence-electron chi connectivity index (χ4n) is 1.91.